The van der Waals surface area contributed by atoms with Crippen LogP contribution < -0.4 is 10.2 Å². The van der Waals surface area contributed by atoms with E-state index in [9.17, 15) is 9.18 Å². The second-order valence-electron chi connectivity index (χ2n) is 7.35. The number of halogens is 1. The molecule has 1 fully saturated rings. The average molecular weight is 372 g/mol. The number of benzene rings is 1. The van der Waals surface area contributed by atoms with Crippen molar-refractivity contribution in [2.24, 2.45) is 0 Å². The van der Waals surface area contributed by atoms with Crippen LogP contribution >= 0.6 is 0 Å². The van der Waals surface area contributed by atoms with E-state index in [1.165, 1.54) is 6.07 Å². The van der Waals surface area contributed by atoms with Crippen LogP contribution in [-0.4, -0.2) is 47.5 Å². The molecule has 1 aliphatic rings. The van der Waals surface area contributed by atoms with Crippen LogP contribution in [0.1, 0.15) is 44.1 Å². The molecule has 1 aromatic carbocycles. The van der Waals surface area contributed by atoms with Gasteiger partial charge in [0.1, 0.15) is 11.5 Å². The lowest BCUT2D eigenvalue weighted by Crippen LogP contribution is -2.47. The minimum absolute atomic E-state index is 0.0504. The highest BCUT2D eigenvalue weighted by Gasteiger charge is 2.28. The Bertz CT molecular complexity index is 752. The van der Waals surface area contributed by atoms with Crippen molar-refractivity contribution in [1.29, 1.82) is 0 Å². The first-order valence-electron chi connectivity index (χ1n) is 9.75. The van der Waals surface area contributed by atoms with Crippen molar-refractivity contribution in [2.75, 3.05) is 29.9 Å². The van der Waals surface area contributed by atoms with Gasteiger partial charge in [-0.2, -0.15) is 0 Å². The van der Waals surface area contributed by atoms with Gasteiger partial charge in [-0.25, -0.2) is 4.39 Å². The van der Waals surface area contributed by atoms with Gasteiger partial charge in [-0.05, 0) is 63.9 Å². The molecule has 27 heavy (non-hydrogen) atoms. The van der Waals surface area contributed by atoms with Gasteiger partial charge in [0, 0.05) is 37.9 Å². The lowest BCUT2D eigenvalue weighted by Gasteiger charge is -2.40. The number of H-pyrrole nitrogens is 1. The summed E-state index contributed by atoms with van der Waals surface area (Å²) in [5, 5.41) is 3.42. The van der Waals surface area contributed by atoms with Gasteiger partial charge in [-0.1, -0.05) is 0 Å². The molecule has 0 unspecified atom stereocenters. The normalized spacial score (nSPS) is 15.2. The Hall–Kier alpha value is -2.50. The lowest BCUT2D eigenvalue weighted by atomic mass is 10.0. The first-order valence-corrected chi connectivity index (χ1v) is 9.75. The number of carbonyl (C=O) groups is 1. The Morgan fingerprint density at radius 2 is 2.07 bits per heavy atom. The Morgan fingerprint density at radius 3 is 2.67 bits per heavy atom. The van der Waals surface area contributed by atoms with E-state index in [1.807, 2.05) is 23.1 Å². The molecule has 0 saturated carbocycles. The molecule has 6 heteroatoms. The molecule has 1 saturated heterocycles. The largest absolute Gasteiger partial charge is 0.381 e. The van der Waals surface area contributed by atoms with E-state index >= 15 is 0 Å². The minimum atomic E-state index is -0.225. The third-order valence-electron chi connectivity index (χ3n) is 5.07. The molecular weight excluding hydrogens is 343 g/mol. The molecule has 2 N–H and O–H groups in total. The number of rotatable bonds is 6. The predicted molar refractivity (Wildman–Crippen MR) is 108 cm³/mol. The van der Waals surface area contributed by atoms with Gasteiger partial charge in [0.25, 0.3) is 5.91 Å². The highest BCUT2D eigenvalue weighted by Crippen LogP contribution is 2.32. The number of nitrogens with zero attached hydrogens (tertiary/aromatic N) is 2. The maximum Gasteiger partial charge on any atom is 0.270 e. The van der Waals surface area contributed by atoms with Crippen molar-refractivity contribution in [3.63, 3.8) is 0 Å². The molecule has 1 amide bonds. The van der Waals surface area contributed by atoms with Gasteiger partial charge in [0.2, 0.25) is 0 Å². The van der Waals surface area contributed by atoms with Crippen molar-refractivity contribution >= 4 is 17.3 Å². The number of carbonyl (C=O) groups excluding carboxylic acids is 1. The van der Waals surface area contributed by atoms with Gasteiger partial charge in [-0.3, -0.25) is 4.79 Å². The van der Waals surface area contributed by atoms with E-state index in [0.717, 1.165) is 30.8 Å². The number of nitrogens with one attached hydrogen (secondary N) is 2. The van der Waals surface area contributed by atoms with Gasteiger partial charge in [0.05, 0.1) is 11.4 Å². The maximum atomic E-state index is 14.0. The van der Waals surface area contributed by atoms with Crippen LogP contribution in [0.15, 0.2) is 36.5 Å². The summed E-state index contributed by atoms with van der Waals surface area (Å²) in [5.74, 6) is -0.175. The molecule has 2 heterocycles. The van der Waals surface area contributed by atoms with Crippen LogP contribution in [0.4, 0.5) is 15.8 Å². The molecule has 0 bridgehead atoms. The molecule has 1 aliphatic heterocycles. The molecular formula is C21H29FN4O. The van der Waals surface area contributed by atoms with Gasteiger partial charge in [-0.15, -0.1) is 0 Å². The smallest absolute Gasteiger partial charge is 0.270 e. The topological polar surface area (TPSA) is 51.4 Å². The standard InChI is InChI=1S/C21H29FN4O/c1-4-26(20-14-16(22)7-8-18(20)24-15(2)3)17-9-12-25(13-10-17)21(27)19-6-5-11-23-19/h5-8,11,14-15,17,23-24H,4,9-10,12-13H2,1-3H3. The third kappa shape index (κ3) is 4.43. The van der Waals surface area contributed by atoms with Crippen LogP contribution in [0.25, 0.3) is 0 Å². The van der Waals surface area contributed by atoms with Crippen molar-refractivity contribution in [3.8, 4) is 0 Å². The Morgan fingerprint density at radius 1 is 1.33 bits per heavy atom. The molecule has 146 valence electrons. The molecule has 2 aromatic rings. The van der Waals surface area contributed by atoms with Crippen LogP contribution in [0.5, 0.6) is 0 Å². The second kappa shape index (κ2) is 8.46. The summed E-state index contributed by atoms with van der Waals surface area (Å²) in [6.07, 6.45) is 3.52. The van der Waals surface area contributed by atoms with Crippen LogP contribution in [0, 0.1) is 5.82 Å². The second-order valence-corrected chi connectivity index (χ2v) is 7.35. The number of piperidine rings is 1. The number of aromatic amines is 1. The zero-order chi connectivity index (χ0) is 19.4. The number of hydrogen-bond acceptors (Lipinski definition) is 3. The van der Waals surface area contributed by atoms with Crippen molar-refractivity contribution in [2.45, 2.75) is 45.7 Å². The summed E-state index contributed by atoms with van der Waals surface area (Å²) >= 11 is 0. The highest BCUT2D eigenvalue weighted by molar-refractivity contribution is 5.92. The molecule has 5 nitrogen and oxygen atoms in total. The monoisotopic (exact) mass is 372 g/mol. The molecule has 3 rings (SSSR count). The van der Waals surface area contributed by atoms with E-state index in [4.69, 9.17) is 0 Å². The maximum absolute atomic E-state index is 14.0. The Kier molecular flexibility index (Phi) is 6.04. The van der Waals surface area contributed by atoms with Gasteiger partial charge in [0.15, 0.2) is 0 Å². The number of amides is 1. The van der Waals surface area contributed by atoms with Crippen molar-refractivity contribution < 1.29 is 9.18 Å². The quantitative estimate of drug-likeness (QED) is 0.802. The zero-order valence-electron chi connectivity index (χ0n) is 16.3. The van der Waals surface area contributed by atoms with Gasteiger partial charge < -0.3 is 20.1 Å². The van der Waals surface area contributed by atoms with Crippen LogP contribution in [0.3, 0.4) is 0 Å². The fraction of sp³-hybridized carbons (Fsp3) is 0.476. The predicted octanol–water partition coefficient (Wildman–Crippen LogP) is 4.11. The van der Waals surface area contributed by atoms with Gasteiger partial charge >= 0.3 is 0 Å². The molecule has 0 spiro atoms. The number of hydrogen-bond donors (Lipinski definition) is 2. The molecule has 1 aromatic heterocycles. The molecule has 0 aliphatic carbocycles. The zero-order valence-corrected chi connectivity index (χ0v) is 16.3. The first kappa shape index (κ1) is 19.3. The summed E-state index contributed by atoms with van der Waals surface area (Å²) < 4.78 is 14.0. The average Bonchev–Trinajstić information content (AvgIpc) is 3.19. The number of aromatic nitrogens is 1. The summed E-state index contributed by atoms with van der Waals surface area (Å²) in [4.78, 5) is 19.7. The van der Waals surface area contributed by atoms with E-state index in [2.05, 4.69) is 36.0 Å². The van der Waals surface area contributed by atoms with Crippen LogP contribution in [0.2, 0.25) is 0 Å². The summed E-state index contributed by atoms with van der Waals surface area (Å²) in [5.41, 5.74) is 2.49. The number of likely N-dealkylation sites (tertiary alicyclic amines) is 1. The SMILES string of the molecule is CCN(c1cc(F)ccc1NC(C)C)C1CCN(C(=O)c2ccc[nH]2)CC1. The highest BCUT2D eigenvalue weighted by atomic mass is 19.1. The van der Waals surface area contributed by atoms with E-state index in [-0.39, 0.29) is 23.8 Å². The van der Waals surface area contributed by atoms with Crippen molar-refractivity contribution in [3.05, 3.63) is 48.0 Å². The van der Waals surface area contributed by atoms with Crippen molar-refractivity contribution in [1.82, 2.24) is 9.88 Å². The fourth-order valence-corrected chi connectivity index (χ4v) is 3.82. The third-order valence-corrected chi connectivity index (χ3v) is 5.07. The molecule has 0 radical (unpaired) electrons. The summed E-state index contributed by atoms with van der Waals surface area (Å²) in [6, 6.07) is 9.14. The van der Waals surface area contributed by atoms with E-state index in [0.29, 0.717) is 18.8 Å². The molecule has 0 atom stereocenters. The minimum Gasteiger partial charge on any atom is -0.381 e. The number of anilines is 2. The summed E-state index contributed by atoms with van der Waals surface area (Å²) in [7, 11) is 0. The van der Waals surface area contributed by atoms with Crippen LogP contribution in [-0.2, 0) is 0 Å². The first-order chi connectivity index (χ1) is 13.0. The lowest BCUT2D eigenvalue weighted by molar-refractivity contribution is 0.0707. The fourth-order valence-electron chi connectivity index (χ4n) is 3.82. The Balaban J connectivity index is 1.72. The van der Waals surface area contributed by atoms with E-state index in [1.54, 1.807) is 12.3 Å². The van der Waals surface area contributed by atoms with E-state index < -0.39 is 0 Å². The summed E-state index contributed by atoms with van der Waals surface area (Å²) in [6.45, 7) is 8.47. The Labute approximate surface area is 160 Å².